The van der Waals surface area contributed by atoms with Gasteiger partial charge in [0.25, 0.3) is 5.91 Å². The maximum atomic E-state index is 12.4. The first kappa shape index (κ1) is 13.3. The van der Waals surface area contributed by atoms with Crippen molar-refractivity contribution in [3.05, 3.63) is 69.7 Å². The molecule has 1 aromatic carbocycles. The Bertz CT molecular complexity index is 875. The topological polar surface area (TPSA) is 74.8 Å². The van der Waals surface area contributed by atoms with Gasteiger partial charge in [0.1, 0.15) is 5.56 Å². The number of nitrogens with one attached hydrogen (secondary N) is 2. The number of fused-ring (bicyclic) bond motifs is 1. The summed E-state index contributed by atoms with van der Waals surface area (Å²) in [5.74, 6) is -0.482. The predicted molar refractivity (Wildman–Crippen MR) is 81.8 cm³/mol. The number of rotatable bonds is 2. The molecule has 0 aliphatic heterocycles. The molecular weight excluding hydrogens is 290 g/mol. The standard InChI is InChI=1S/C15H10ClN3O2/c16-9-1-2-13-11(7-9)14(20)12(8-18-13)15(21)19-10-3-5-17-6-4-10/h1-8H,(H,18,20)(H,17,19,21). The van der Waals surface area contributed by atoms with Crippen molar-refractivity contribution >= 4 is 34.1 Å². The highest BCUT2D eigenvalue weighted by Crippen LogP contribution is 2.15. The Morgan fingerprint density at radius 1 is 1.19 bits per heavy atom. The Morgan fingerprint density at radius 2 is 1.95 bits per heavy atom. The van der Waals surface area contributed by atoms with E-state index < -0.39 is 5.91 Å². The van der Waals surface area contributed by atoms with Crippen molar-refractivity contribution < 1.29 is 4.79 Å². The van der Waals surface area contributed by atoms with Crippen LogP contribution in [0.4, 0.5) is 5.69 Å². The lowest BCUT2D eigenvalue weighted by Crippen LogP contribution is -2.21. The number of pyridine rings is 2. The van der Waals surface area contributed by atoms with Crippen LogP contribution in [0.25, 0.3) is 10.9 Å². The first-order chi connectivity index (χ1) is 10.1. The molecule has 2 heterocycles. The zero-order valence-corrected chi connectivity index (χ0v) is 11.5. The monoisotopic (exact) mass is 299 g/mol. The van der Waals surface area contributed by atoms with Gasteiger partial charge in [0.2, 0.25) is 5.43 Å². The fourth-order valence-corrected chi connectivity index (χ4v) is 2.17. The van der Waals surface area contributed by atoms with E-state index in [1.807, 2.05) is 0 Å². The van der Waals surface area contributed by atoms with Gasteiger partial charge in [-0.1, -0.05) is 11.6 Å². The molecule has 0 saturated carbocycles. The van der Waals surface area contributed by atoms with Crippen LogP contribution in [0.15, 0.2) is 53.7 Å². The highest BCUT2D eigenvalue weighted by atomic mass is 35.5. The number of halogens is 1. The van der Waals surface area contributed by atoms with Crippen LogP contribution in [0, 0.1) is 0 Å². The van der Waals surface area contributed by atoms with E-state index in [1.165, 1.54) is 6.20 Å². The van der Waals surface area contributed by atoms with Gasteiger partial charge in [-0.3, -0.25) is 14.6 Å². The smallest absolute Gasteiger partial charge is 0.261 e. The van der Waals surface area contributed by atoms with Crippen LogP contribution in [-0.4, -0.2) is 15.9 Å². The Morgan fingerprint density at radius 3 is 2.71 bits per heavy atom. The van der Waals surface area contributed by atoms with Crippen LogP contribution in [0.5, 0.6) is 0 Å². The van der Waals surface area contributed by atoms with Crippen LogP contribution in [0.2, 0.25) is 5.02 Å². The normalized spacial score (nSPS) is 10.5. The number of amides is 1. The predicted octanol–water partition coefficient (Wildman–Crippen LogP) is 2.83. The third-order valence-electron chi connectivity index (χ3n) is 3.03. The molecule has 5 nitrogen and oxygen atoms in total. The SMILES string of the molecule is O=C(Nc1ccncc1)c1c[nH]c2ccc(Cl)cc2c1=O. The Balaban J connectivity index is 2.02. The van der Waals surface area contributed by atoms with Gasteiger partial charge in [-0.25, -0.2) is 0 Å². The van der Waals surface area contributed by atoms with Crippen LogP contribution < -0.4 is 10.7 Å². The number of hydrogen-bond donors (Lipinski definition) is 2. The molecule has 0 aliphatic carbocycles. The van der Waals surface area contributed by atoms with Crippen molar-refractivity contribution in [2.75, 3.05) is 5.32 Å². The summed E-state index contributed by atoms with van der Waals surface area (Å²) in [6.07, 6.45) is 4.51. The minimum absolute atomic E-state index is 0.0292. The van der Waals surface area contributed by atoms with Gasteiger partial charge >= 0.3 is 0 Å². The van der Waals surface area contributed by atoms with Crippen LogP contribution in [0.3, 0.4) is 0 Å². The van der Waals surface area contributed by atoms with E-state index in [4.69, 9.17) is 11.6 Å². The molecule has 0 bridgehead atoms. The lowest BCUT2D eigenvalue weighted by molar-refractivity contribution is 0.102. The van der Waals surface area contributed by atoms with Crippen LogP contribution in [-0.2, 0) is 0 Å². The van der Waals surface area contributed by atoms with Gasteiger partial charge in [-0.15, -0.1) is 0 Å². The Kier molecular flexibility index (Phi) is 3.41. The van der Waals surface area contributed by atoms with E-state index in [9.17, 15) is 9.59 Å². The van der Waals surface area contributed by atoms with Gasteiger partial charge < -0.3 is 10.3 Å². The number of benzene rings is 1. The summed E-state index contributed by atoms with van der Waals surface area (Å²) in [5.41, 5.74) is 0.866. The Hall–Kier alpha value is -2.66. The molecule has 0 spiro atoms. The number of carbonyl (C=O) groups is 1. The third-order valence-corrected chi connectivity index (χ3v) is 3.26. The molecule has 1 amide bonds. The summed E-state index contributed by atoms with van der Waals surface area (Å²) in [5, 5.41) is 3.47. The molecule has 0 unspecified atom stereocenters. The molecule has 21 heavy (non-hydrogen) atoms. The molecule has 3 rings (SSSR count). The van der Waals surface area contributed by atoms with E-state index in [0.29, 0.717) is 21.6 Å². The molecule has 6 heteroatoms. The van der Waals surface area contributed by atoms with Crippen molar-refractivity contribution in [3.8, 4) is 0 Å². The molecule has 3 aromatic rings. The minimum Gasteiger partial charge on any atom is -0.360 e. The molecule has 0 aliphatic rings. The van der Waals surface area contributed by atoms with Crippen LogP contribution in [0.1, 0.15) is 10.4 Å². The molecule has 104 valence electrons. The van der Waals surface area contributed by atoms with E-state index >= 15 is 0 Å². The second-order valence-electron chi connectivity index (χ2n) is 4.41. The first-order valence-electron chi connectivity index (χ1n) is 6.17. The maximum absolute atomic E-state index is 12.4. The quantitative estimate of drug-likeness (QED) is 0.764. The van der Waals surface area contributed by atoms with Gasteiger partial charge in [0.15, 0.2) is 0 Å². The third kappa shape index (κ3) is 2.64. The molecule has 2 aromatic heterocycles. The van der Waals surface area contributed by atoms with Gasteiger partial charge in [-0.2, -0.15) is 0 Å². The second-order valence-corrected chi connectivity index (χ2v) is 4.85. The van der Waals surface area contributed by atoms with Gasteiger partial charge in [0.05, 0.1) is 0 Å². The summed E-state index contributed by atoms with van der Waals surface area (Å²) < 4.78 is 0. The van der Waals surface area contributed by atoms with E-state index in [-0.39, 0.29) is 11.0 Å². The zero-order chi connectivity index (χ0) is 14.8. The van der Waals surface area contributed by atoms with Crippen molar-refractivity contribution in [1.82, 2.24) is 9.97 Å². The van der Waals surface area contributed by atoms with Crippen molar-refractivity contribution in [3.63, 3.8) is 0 Å². The average molecular weight is 300 g/mol. The maximum Gasteiger partial charge on any atom is 0.261 e. The van der Waals surface area contributed by atoms with E-state index in [0.717, 1.165) is 0 Å². The fourth-order valence-electron chi connectivity index (χ4n) is 1.99. The molecule has 0 saturated heterocycles. The van der Waals surface area contributed by atoms with Crippen molar-refractivity contribution in [2.24, 2.45) is 0 Å². The highest BCUT2D eigenvalue weighted by molar-refractivity contribution is 6.31. The van der Waals surface area contributed by atoms with E-state index in [2.05, 4.69) is 15.3 Å². The van der Waals surface area contributed by atoms with Crippen molar-refractivity contribution in [2.45, 2.75) is 0 Å². The van der Waals surface area contributed by atoms with Crippen molar-refractivity contribution in [1.29, 1.82) is 0 Å². The van der Waals surface area contributed by atoms with Crippen LogP contribution >= 0.6 is 11.6 Å². The summed E-state index contributed by atoms with van der Waals surface area (Å²) in [4.78, 5) is 31.3. The zero-order valence-electron chi connectivity index (χ0n) is 10.8. The summed E-state index contributed by atoms with van der Waals surface area (Å²) in [7, 11) is 0. The molecule has 0 radical (unpaired) electrons. The number of aromatic nitrogens is 2. The summed E-state index contributed by atoms with van der Waals surface area (Å²) in [6, 6.07) is 8.20. The number of H-pyrrole nitrogens is 1. The minimum atomic E-state index is -0.482. The first-order valence-corrected chi connectivity index (χ1v) is 6.55. The average Bonchev–Trinajstić information content (AvgIpc) is 2.49. The highest BCUT2D eigenvalue weighted by Gasteiger charge is 2.13. The Labute approximate surface area is 124 Å². The molecular formula is C15H10ClN3O2. The number of nitrogens with zero attached hydrogens (tertiary/aromatic N) is 1. The molecule has 0 atom stereocenters. The molecule has 0 fully saturated rings. The lowest BCUT2D eigenvalue weighted by Gasteiger charge is -2.05. The summed E-state index contributed by atoms with van der Waals surface area (Å²) >= 11 is 5.89. The molecule has 2 N–H and O–H groups in total. The lowest BCUT2D eigenvalue weighted by atomic mass is 10.1. The number of hydrogen-bond acceptors (Lipinski definition) is 3. The number of carbonyl (C=O) groups excluding carboxylic acids is 1. The summed E-state index contributed by atoms with van der Waals surface area (Å²) in [6.45, 7) is 0. The van der Waals surface area contributed by atoms with Gasteiger partial charge in [-0.05, 0) is 30.3 Å². The van der Waals surface area contributed by atoms with Gasteiger partial charge in [0, 0.05) is 40.2 Å². The number of aromatic amines is 1. The van der Waals surface area contributed by atoms with E-state index in [1.54, 1.807) is 42.7 Å². The number of anilines is 1. The largest absolute Gasteiger partial charge is 0.360 e. The fraction of sp³-hybridized carbons (Fsp3) is 0. The second kappa shape index (κ2) is 5.38.